The minimum absolute atomic E-state index is 0.146. The highest BCUT2D eigenvalue weighted by molar-refractivity contribution is 8.26. The summed E-state index contributed by atoms with van der Waals surface area (Å²) in [4.78, 5) is 26.6. The first-order valence-electron chi connectivity index (χ1n) is 7.63. The maximum Gasteiger partial charge on any atom is 0.266 e. The Morgan fingerprint density at radius 3 is 2.85 bits per heavy atom. The fraction of sp³-hybridized carbons (Fsp3) is 0.188. The second-order valence-corrected chi connectivity index (χ2v) is 9.20. The smallest absolute Gasteiger partial charge is 0.266 e. The van der Waals surface area contributed by atoms with Crippen molar-refractivity contribution < 1.29 is 9.59 Å². The van der Waals surface area contributed by atoms with Gasteiger partial charge in [0.05, 0.1) is 4.91 Å². The number of nitrogens with zero attached hydrogens (tertiary/aromatic N) is 3. The molecule has 1 saturated heterocycles. The van der Waals surface area contributed by atoms with Crippen LogP contribution in [0.3, 0.4) is 0 Å². The Hall–Kier alpha value is -1.75. The number of hydrogen-bond donors (Lipinski definition) is 1. The molecule has 6 nitrogen and oxygen atoms in total. The first-order chi connectivity index (χ1) is 12.6. The number of aromatic nitrogens is 2. The molecule has 1 aliphatic heterocycles. The summed E-state index contributed by atoms with van der Waals surface area (Å²) in [7, 11) is 0. The van der Waals surface area contributed by atoms with Gasteiger partial charge in [-0.25, -0.2) is 0 Å². The molecule has 0 aliphatic carbocycles. The van der Waals surface area contributed by atoms with Gasteiger partial charge in [-0.3, -0.25) is 19.8 Å². The Labute approximate surface area is 168 Å². The third-order valence-corrected chi connectivity index (χ3v) is 6.43. The van der Waals surface area contributed by atoms with Crippen molar-refractivity contribution >= 4 is 74.4 Å². The van der Waals surface area contributed by atoms with E-state index in [1.54, 1.807) is 17.8 Å². The minimum Gasteiger partial charge on any atom is -0.299 e. The molecule has 1 fully saturated rings. The normalized spacial score (nSPS) is 15.7. The van der Waals surface area contributed by atoms with Crippen molar-refractivity contribution in [3.8, 4) is 0 Å². The standard InChI is InChI=1S/C16H14N4O2S4/c1-2-24-15-19-18-14(26-15)17-12(21)9-20-13(22)11(25-16(20)23)8-10-6-4-3-5-7-10/h3-8H,2,9H2,1H3,(H,17,18,21)/b11-8-. The highest BCUT2D eigenvalue weighted by Gasteiger charge is 2.33. The first-order valence-corrected chi connectivity index (χ1v) is 10.7. The van der Waals surface area contributed by atoms with Gasteiger partial charge in [0.25, 0.3) is 5.91 Å². The molecule has 3 rings (SSSR count). The number of thiocarbonyl (C=S) groups is 1. The van der Waals surface area contributed by atoms with E-state index < -0.39 is 0 Å². The fourth-order valence-electron chi connectivity index (χ4n) is 2.08. The Morgan fingerprint density at radius 2 is 2.12 bits per heavy atom. The molecule has 2 heterocycles. The van der Waals surface area contributed by atoms with E-state index in [4.69, 9.17) is 12.2 Å². The summed E-state index contributed by atoms with van der Waals surface area (Å²) in [5.41, 5.74) is 0.910. The number of nitrogens with one attached hydrogen (secondary N) is 1. The summed E-state index contributed by atoms with van der Waals surface area (Å²) in [5, 5.41) is 11.0. The highest BCUT2D eigenvalue weighted by atomic mass is 32.2. The van der Waals surface area contributed by atoms with Crippen molar-refractivity contribution in [2.24, 2.45) is 0 Å². The van der Waals surface area contributed by atoms with Crippen LogP contribution in [0.25, 0.3) is 6.08 Å². The van der Waals surface area contributed by atoms with Crippen molar-refractivity contribution in [3.05, 3.63) is 40.8 Å². The zero-order valence-electron chi connectivity index (χ0n) is 13.7. The van der Waals surface area contributed by atoms with E-state index >= 15 is 0 Å². The molecular weight excluding hydrogens is 408 g/mol. The number of rotatable bonds is 6. The van der Waals surface area contributed by atoms with E-state index in [1.807, 2.05) is 37.3 Å². The van der Waals surface area contributed by atoms with Gasteiger partial charge in [0.2, 0.25) is 11.0 Å². The molecular formula is C16H14N4O2S4. The Morgan fingerprint density at radius 1 is 1.35 bits per heavy atom. The fourth-order valence-corrected chi connectivity index (χ4v) is 5.00. The van der Waals surface area contributed by atoms with Crippen molar-refractivity contribution in [2.75, 3.05) is 17.6 Å². The molecule has 1 aliphatic rings. The number of carbonyl (C=O) groups excluding carboxylic acids is 2. The second kappa shape index (κ2) is 8.76. The molecule has 1 N–H and O–H groups in total. The van der Waals surface area contributed by atoms with Crippen LogP contribution in [-0.4, -0.2) is 43.5 Å². The number of thioether (sulfide) groups is 2. The van der Waals surface area contributed by atoms with Crippen molar-refractivity contribution in [3.63, 3.8) is 0 Å². The molecule has 26 heavy (non-hydrogen) atoms. The lowest BCUT2D eigenvalue weighted by molar-refractivity contribution is -0.126. The van der Waals surface area contributed by atoms with Crippen LogP contribution >= 0.6 is 47.1 Å². The summed E-state index contributed by atoms with van der Waals surface area (Å²) < 4.78 is 1.16. The molecule has 0 unspecified atom stereocenters. The predicted octanol–water partition coefficient (Wildman–Crippen LogP) is 3.49. The number of carbonyl (C=O) groups is 2. The molecule has 0 spiro atoms. The van der Waals surface area contributed by atoms with Gasteiger partial charge in [0.15, 0.2) is 4.34 Å². The monoisotopic (exact) mass is 422 g/mol. The van der Waals surface area contributed by atoms with E-state index in [-0.39, 0.29) is 18.4 Å². The summed E-state index contributed by atoms with van der Waals surface area (Å²) in [5.74, 6) is 0.261. The van der Waals surface area contributed by atoms with Crippen LogP contribution in [0.15, 0.2) is 39.6 Å². The van der Waals surface area contributed by atoms with Crippen molar-refractivity contribution in [1.82, 2.24) is 15.1 Å². The van der Waals surface area contributed by atoms with Gasteiger partial charge in [0, 0.05) is 0 Å². The molecule has 2 aromatic rings. The quantitative estimate of drug-likeness (QED) is 0.330. The van der Waals surface area contributed by atoms with Gasteiger partial charge >= 0.3 is 0 Å². The summed E-state index contributed by atoms with van der Waals surface area (Å²) >= 11 is 9.31. The van der Waals surface area contributed by atoms with Crippen LogP contribution < -0.4 is 5.32 Å². The molecule has 0 radical (unpaired) electrons. The SMILES string of the molecule is CCSc1nnc(NC(=O)CN2C(=O)/C(=C/c3ccccc3)SC2=S)s1. The van der Waals surface area contributed by atoms with Gasteiger partial charge in [-0.1, -0.05) is 84.3 Å². The maximum atomic E-state index is 12.5. The lowest BCUT2D eigenvalue weighted by atomic mass is 10.2. The molecule has 0 bridgehead atoms. The lowest BCUT2D eigenvalue weighted by Gasteiger charge is -2.13. The third kappa shape index (κ3) is 4.70. The summed E-state index contributed by atoms with van der Waals surface area (Å²) in [6.07, 6.45) is 1.77. The van der Waals surface area contributed by atoms with Gasteiger partial charge in [-0.05, 0) is 17.4 Å². The number of hydrogen-bond acceptors (Lipinski definition) is 8. The Bertz CT molecular complexity index is 866. The minimum atomic E-state index is -0.355. The molecule has 1 aromatic heterocycles. The first kappa shape index (κ1) is 19.0. The molecule has 2 amide bonds. The summed E-state index contributed by atoms with van der Waals surface area (Å²) in [6.45, 7) is 1.87. The zero-order valence-corrected chi connectivity index (χ0v) is 16.9. The van der Waals surface area contributed by atoms with Gasteiger partial charge in [0.1, 0.15) is 10.9 Å². The van der Waals surface area contributed by atoms with Gasteiger partial charge in [-0.2, -0.15) is 0 Å². The van der Waals surface area contributed by atoms with Crippen LogP contribution in [0, 0.1) is 0 Å². The molecule has 10 heteroatoms. The largest absolute Gasteiger partial charge is 0.299 e. The zero-order chi connectivity index (χ0) is 18.5. The van der Waals surface area contributed by atoms with Crippen LogP contribution in [0.1, 0.15) is 12.5 Å². The molecule has 0 atom stereocenters. The number of amides is 2. The molecule has 134 valence electrons. The van der Waals surface area contributed by atoms with Crippen LogP contribution in [0.4, 0.5) is 5.13 Å². The second-order valence-electron chi connectivity index (χ2n) is 5.03. The Kier molecular flexibility index (Phi) is 6.41. The van der Waals surface area contributed by atoms with Gasteiger partial charge < -0.3 is 0 Å². The topological polar surface area (TPSA) is 75.2 Å². The van der Waals surface area contributed by atoms with E-state index in [0.717, 1.165) is 15.7 Å². The van der Waals surface area contributed by atoms with Crippen molar-refractivity contribution in [2.45, 2.75) is 11.3 Å². The van der Waals surface area contributed by atoms with Crippen LogP contribution in [0.5, 0.6) is 0 Å². The van der Waals surface area contributed by atoms with E-state index in [1.165, 1.54) is 28.0 Å². The van der Waals surface area contributed by atoms with E-state index in [0.29, 0.717) is 14.4 Å². The summed E-state index contributed by atoms with van der Waals surface area (Å²) in [6, 6.07) is 9.51. The average molecular weight is 423 g/mol. The van der Waals surface area contributed by atoms with E-state index in [2.05, 4.69) is 15.5 Å². The van der Waals surface area contributed by atoms with Crippen LogP contribution in [0.2, 0.25) is 0 Å². The highest BCUT2D eigenvalue weighted by Crippen LogP contribution is 2.32. The lowest BCUT2D eigenvalue weighted by Crippen LogP contribution is -2.36. The number of anilines is 1. The van der Waals surface area contributed by atoms with Crippen molar-refractivity contribution in [1.29, 1.82) is 0 Å². The predicted molar refractivity (Wildman–Crippen MR) is 111 cm³/mol. The van der Waals surface area contributed by atoms with Crippen LogP contribution in [-0.2, 0) is 9.59 Å². The number of benzene rings is 1. The Balaban J connectivity index is 1.63. The maximum absolute atomic E-state index is 12.5. The van der Waals surface area contributed by atoms with Gasteiger partial charge in [-0.15, -0.1) is 10.2 Å². The average Bonchev–Trinajstić information content (AvgIpc) is 3.16. The third-order valence-electron chi connectivity index (χ3n) is 3.19. The van der Waals surface area contributed by atoms with E-state index in [9.17, 15) is 9.59 Å². The molecule has 0 saturated carbocycles. The molecule has 1 aromatic carbocycles.